The monoisotopic (exact) mass is 291 g/mol. The van der Waals surface area contributed by atoms with E-state index in [0.29, 0.717) is 9.88 Å². The van der Waals surface area contributed by atoms with Crippen LogP contribution in [0.1, 0.15) is 15.4 Å². The number of aromatic nitrogens is 2. The van der Waals surface area contributed by atoms with E-state index in [0.717, 1.165) is 17.0 Å². The molecule has 2 heterocycles. The summed E-state index contributed by atoms with van der Waals surface area (Å²) in [5, 5.41) is 7.26. The smallest absolute Gasteiger partial charge is 0.348 e. The van der Waals surface area contributed by atoms with Crippen LogP contribution in [0.4, 0.5) is 5.00 Å². The molecule has 104 valence electrons. The average molecular weight is 291 g/mol. The molecule has 2 aromatic rings. The lowest BCUT2D eigenvalue weighted by atomic mass is 10.3. The van der Waals surface area contributed by atoms with Crippen LogP contribution >= 0.6 is 11.3 Å². The molecule has 0 aromatic carbocycles. The maximum absolute atomic E-state index is 11.7. The Labute approximate surface area is 119 Å². The number of ether oxygens (including phenoxy) is 1. The van der Waals surface area contributed by atoms with Crippen molar-refractivity contribution >= 4 is 34.3 Å². The highest BCUT2D eigenvalue weighted by Gasteiger charge is 2.09. The molecule has 0 aliphatic heterocycles. The third-order valence-electron chi connectivity index (χ3n) is 2.50. The van der Waals surface area contributed by atoms with Gasteiger partial charge in [0.1, 0.15) is 4.88 Å². The van der Waals surface area contributed by atoms with Gasteiger partial charge in [0.05, 0.1) is 17.8 Å². The van der Waals surface area contributed by atoms with Crippen LogP contribution in [-0.2, 0) is 16.6 Å². The van der Waals surface area contributed by atoms with Gasteiger partial charge in [-0.1, -0.05) is 0 Å². The number of esters is 1. The standard InChI is InChI=1S/C13H13N3O3S/c1-16-9(7-8-14-16)3-5-11(17)15-12-6-4-10(20-12)13(18)19-2/h3-8H,1-2H3,(H,15,17)/b5-3+. The Morgan fingerprint density at radius 3 is 2.85 bits per heavy atom. The summed E-state index contributed by atoms with van der Waals surface area (Å²) in [6.07, 6.45) is 4.73. The van der Waals surface area contributed by atoms with E-state index < -0.39 is 5.97 Å². The van der Waals surface area contributed by atoms with Crippen LogP contribution in [-0.4, -0.2) is 28.8 Å². The number of thiophene rings is 1. The molecular formula is C13H13N3O3S. The van der Waals surface area contributed by atoms with Gasteiger partial charge in [0.15, 0.2) is 0 Å². The first kappa shape index (κ1) is 14.0. The number of methoxy groups -OCH3 is 1. The highest BCUT2D eigenvalue weighted by atomic mass is 32.1. The molecule has 0 aliphatic rings. The maximum atomic E-state index is 11.7. The normalized spacial score (nSPS) is 10.7. The first-order chi connectivity index (χ1) is 9.60. The quantitative estimate of drug-likeness (QED) is 0.690. The number of amides is 1. The molecule has 0 spiro atoms. The van der Waals surface area contributed by atoms with E-state index in [1.807, 2.05) is 0 Å². The van der Waals surface area contributed by atoms with Crippen LogP contribution in [0.25, 0.3) is 6.08 Å². The van der Waals surface area contributed by atoms with Crippen molar-refractivity contribution in [2.24, 2.45) is 7.05 Å². The second-order valence-electron chi connectivity index (χ2n) is 3.86. The molecule has 7 heteroatoms. The fourth-order valence-corrected chi connectivity index (χ4v) is 2.31. The van der Waals surface area contributed by atoms with Crippen molar-refractivity contribution in [3.05, 3.63) is 41.0 Å². The molecule has 1 amide bonds. The summed E-state index contributed by atoms with van der Waals surface area (Å²) >= 11 is 1.16. The summed E-state index contributed by atoms with van der Waals surface area (Å²) in [7, 11) is 3.11. The third-order valence-corrected chi connectivity index (χ3v) is 3.48. The maximum Gasteiger partial charge on any atom is 0.348 e. The molecule has 0 radical (unpaired) electrons. The first-order valence-corrected chi connectivity index (χ1v) is 6.57. The highest BCUT2D eigenvalue weighted by Crippen LogP contribution is 2.22. The number of rotatable bonds is 4. The summed E-state index contributed by atoms with van der Waals surface area (Å²) in [6.45, 7) is 0. The van der Waals surface area contributed by atoms with E-state index in [1.165, 1.54) is 13.2 Å². The van der Waals surface area contributed by atoms with Crippen molar-refractivity contribution in [1.82, 2.24) is 9.78 Å². The SMILES string of the molecule is COC(=O)c1ccc(NC(=O)/C=C/c2ccnn2C)s1. The molecule has 20 heavy (non-hydrogen) atoms. The van der Waals surface area contributed by atoms with E-state index >= 15 is 0 Å². The highest BCUT2D eigenvalue weighted by molar-refractivity contribution is 7.18. The number of aryl methyl sites for hydroxylation is 1. The fraction of sp³-hybridized carbons (Fsp3) is 0.154. The topological polar surface area (TPSA) is 73.2 Å². The van der Waals surface area contributed by atoms with Crippen molar-refractivity contribution in [2.45, 2.75) is 0 Å². The number of hydrogen-bond acceptors (Lipinski definition) is 5. The van der Waals surface area contributed by atoms with E-state index in [1.54, 1.807) is 42.2 Å². The van der Waals surface area contributed by atoms with Crippen LogP contribution in [0, 0.1) is 0 Å². The van der Waals surface area contributed by atoms with Crippen molar-refractivity contribution < 1.29 is 14.3 Å². The molecule has 2 aromatic heterocycles. The Morgan fingerprint density at radius 1 is 1.40 bits per heavy atom. The van der Waals surface area contributed by atoms with Gasteiger partial charge >= 0.3 is 5.97 Å². The fourth-order valence-electron chi connectivity index (χ4n) is 1.49. The molecule has 0 bridgehead atoms. The van der Waals surface area contributed by atoms with Gasteiger partial charge in [-0.25, -0.2) is 4.79 Å². The number of nitrogens with zero attached hydrogens (tertiary/aromatic N) is 2. The predicted octanol–water partition coefficient (Wildman–Crippen LogP) is 1.92. The lowest BCUT2D eigenvalue weighted by Gasteiger charge is -1.97. The Bertz CT molecular complexity index is 657. The zero-order chi connectivity index (χ0) is 14.5. The van der Waals surface area contributed by atoms with Crippen LogP contribution in [0.5, 0.6) is 0 Å². The lowest BCUT2D eigenvalue weighted by Crippen LogP contribution is -2.06. The van der Waals surface area contributed by atoms with E-state index in [2.05, 4.69) is 15.2 Å². The van der Waals surface area contributed by atoms with Gasteiger partial charge in [-0.2, -0.15) is 5.10 Å². The zero-order valence-corrected chi connectivity index (χ0v) is 11.8. The molecule has 0 atom stereocenters. The van der Waals surface area contributed by atoms with Gasteiger partial charge in [-0.15, -0.1) is 11.3 Å². The Hall–Kier alpha value is -2.41. The molecular weight excluding hydrogens is 278 g/mol. The summed E-state index contributed by atoms with van der Waals surface area (Å²) in [5.41, 5.74) is 0.821. The summed E-state index contributed by atoms with van der Waals surface area (Å²) < 4.78 is 6.26. The average Bonchev–Trinajstić information content (AvgIpc) is 3.05. The minimum Gasteiger partial charge on any atom is -0.465 e. The molecule has 1 N–H and O–H groups in total. The van der Waals surface area contributed by atoms with Gasteiger partial charge in [0.2, 0.25) is 5.91 Å². The third kappa shape index (κ3) is 3.33. The molecule has 6 nitrogen and oxygen atoms in total. The van der Waals surface area contributed by atoms with Crippen molar-refractivity contribution in [2.75, 3.05) is 12.4 Å². The number of anilines is 1. The first-order valence-electron chi connectivity index (χ1n) is 5.75. The lowest BCUT2D eigenvalue weighted by molar-refractivity contribution is -0.111. The van der Waals surface area contributed by atoms with Crippen molar-refractivity contribution in [1.29, 1.82) is 0 Å². The second kappa shape index (κ2) is 6.16. The van der Waals surface area contributed by atoms with E-state index in [9.17, 15) is 9.59 Å². The van der Waals surface area contributed by atoms with E-state index in [4.69, 9.17) is 0 Å². The molecule has 0 fully saturated rings. The van der Waals surface area contributed by atoms with Gasteiger partial charge in [0, 0.05) is 19.3 Å². The Morgan fingerprint density at radius 2 is 2.20 bits per heavy atom. The number of nitrogens with one attached hydrogen (secondary N) is 1. The molecule has 2 rings (SSSR count). The summed E-state index contributed by atoms with van der Waals surface area (Å²) in [4.78, 5) is 23.5. The summed E-state index contributed by atoms with van der Waals surface area (Å²) in [6, 6.07) is 5.06. The van der Waals surface area contributed by atoms with E-state index in [-0.39, 0.29) is 5.91 Å². The van der Waals surface area contributed by atoms with Gasteiger partial charge in [-0.05, 0) is 24.3 Å². The van der Waals surface area contributed by atoms with Gasteiger partial charge in [0.25, 0.3) is 0 Å². The molecule has 0 aliphatic carbocycles. The largest absolute Gasteiger partial charge is 0.465 e. The minimum absolute atomic E-state index is 0.274. The number of hydrogen-bond donors (Lipinski definition) is 1. The Balaban J connectivity index is 1.98. The van der Waals surface area contributed by atoms with Crippen LogP contribution in [0.3, 0.4) is 0 Å². The summed E-state index contributed by atoms with van der Waals surface area (Å²) in [5.74, 6) is -0.689. The predicted molar refractivity (Wildman–Crippen MR) is 76.5 cm³/mol. The number of carbonyl (C=O) groups excluding carboxylic acids is 2. The van der Waals surface area contributed by atoms with Crippen molar-refractivity contribution in [3.8, 4) is 0 Å². The van der Waals surface area contributed by atoms with Crippen LogP contribution < -0.4 is 5.32 Å². The van der Waals surface area contributed by atoms with Crippen molar-refractivity contribution in [3.63, 3.8) is 0 Å². The molecule has 0 saturated carbocycles. The second-order valence-corrected chi connectivity index (χ2v) is 4.94. The van der Waals surface area contributed by atoms with Gasteiger partial charge in [-0.3, -0.25) is 9.48 Å². The molecule has 0 unspecified atom stereocenters. The number of carbonyl (C=O) groups is 2. The van der Waals surface area contributed by atoms with Gasteiger partial charge < -0.3 is 10.1 Å². The van der Waals surface area contributed by atoms with Crippen LogP contribution in [0.15, 0.2) is 30.5 Å². The zero-order valence-electron chi connectivity index (χ0n) is 11.0. The molecule has 0 saturated heterocycles. The van der Waals surface area contributed by atoms with Crippen LogP contribution in [0.2, 0.25) is 0 Å². The Kier molecular flexibility index (Phi) is 4.31. The minimum atomic E-state index is -0.416.